The van der Waals surface area contributed by atoms with Gasteiger partial charge in [-0.25, -0.2) is 0 Å². The second kappa shape index (κ2) is 6.95. The molecule has 1 atom stereocenters. The van der Waals surface area contributed by atoms with Crippen LogP contribution in [0.2, 0.25) is 5.02 Å². The normalized spacial score (nSPS) is 18.2. The van der Waals surface area contributed by atoms with Crippen molar-refractivity contribution in [3.05, 3.63) is 51.9 Å². The van der Waals surface area contributed by atoms with Gasteiger partial charge in [0.05, 0.1) is 18.8 Å². The molecule has 6 heteroatoms. The van der Waals surface area contributed by atoms with Crippen molar-refractivity contribution >= 4 is 17.5 Å². The highest BCUT2D eigenvalue weighted by Crippen LogP contribution is 2.28. The number of aromatic nitrogens is 1. The third-order valence-electron chi connectivity index (χ3n) is 4.22. The van der Waals surface area contributed by atoms with E-state index in [2.05, 4.69) is 5.16 Å². The number of hydrogen-bond donors (Lipinski definition) is 0. The first kappa shape index (κ1) is 17.0. The number of benzene rings is 1. The Bertz CT molecular complexity index is 724. The molecule has 0 radical (unpaired) electrons. The molecule has 5 nitrogen and oxygen atoms in total. The molecule has 1 fully saturated rings. The van der Waals surface area contributed by atoms with Gasteiger partial charge in [-0.3, -0.25) is 4.79 Å². The van der Waals surface area contributed by atoms with Gasteiger partial charge in [-0.15, -0.1) is 0 Å². The highest BCUT2D eigenvalue weighted by Gasteiger charge is 2.31. The Morgan fingerprint density at radius 2 is 2.04 bits per heavy atom. The average molecular weight is 349 g/mol. The van der Waals surface area contributed by atoms with Crippen LogP contribution in [-0.2, 0) is 4.74 Å². The number of rotatable bonds is 3. The lowest BCUT2D eigenvalue weighted by atomic mass is 10.0. The smallest absolute Gasteiger partial charge is 0.259 e. The van der Waals surface area contributed by atoms with Gasteiger partial charge in [0.1, 0.15) is 11.7 Å². The molecule has 128 valence electrons. The summed E-state index contributed by atoms with van der Waals surface area (Å²) in [4.78, 5) is 14.8. The number of ether oxygens (including phenoxy) is 1. The second-order valence-electron chi connectivity index (χ2n) is 6.32. The van der Waals surface area contributed by atoms with Crippen LogP contribution in [0, 0.1) is 6.92 Å². The van der Waals surface area contributed by atoms with Gasteiger partial charge in [0, 0.05) is 17.5 Å². The molecule has 0 saturated carbocycles. The molecule has 1 aliphatic heterocycles. The molecule has 3 rings (SSSR count). The van der Waals surface area contributed by atoms with Crippen LogP contribution in [0.1, 0.15) is 53.2 Å². The molecule has 1 aromatic heterocycles. The molecule has 24 heavy (non-hydrogen) atoms. The van der Waals surface area contributed by atoms with Gasteiger partial charge in [0.15, 0.2) is 5.76 Å². The first-order valence-corrected chi connectivity index (χ1v) is 8.47. The van der Waals surface area contributed by atoms with Gasteiger partial charge in [-0.1, -0.05) is 42.7 Å². The molecule has 0 bridgehead atoms. The molecular formula is C18H21ClN2O3. The van der Waals surface area contributed by atoms with E-state index < -0.39 is 0 Å². The molecule has 1 amide bonds. The lowest BCUT2D eigenvalue weighted by Crippen LogP contribution is -2.42. The minimum absolute atomic E-state index is 0.0419. The topological polar surface area (TPSA) is 55.6 Å². The molecule has 1 unspecified atom stereocenters. The van der Waals surface area contributed by atoms with Crippen molar-refractivity contribution in [2.45, 2.75) is 32.8 Å². The summed E-state index contributed by atoms with van der Waals surface area (Å²) in [5.74, 6) is 0.713. The summed E-state index contributed by atoms with van der Waals surface area (Å²) in [5.41, 5.74) is 2.24. The summed E-state index contributed by atoms with van der Waals surface area (Å²) in [7, 11) is 0. The number of nitrogens with zero attached hydrogens (tertiary/aromatic N) is 2. The maximum Gasteiger partial charge on any atom is 0.259 e. The van der Waals surface area contributed by atoms with Crippen LogP contribution in [0.25, 0.3) is 0 Å². The largest absolute Gasteiger partial charge is 0.370 e. The number of carbonyl (C=O) groups excluding carboxylic acids is 1. The van der Waals surface area contributed by atoms with E-state index in [0.717, 1.165) is 5.56 Å². The highest BCUT2D eigenvalue weighted by molar-refractivity contribution is 6.30. The van der Waals surface area contributed by atoms with E-state index in [-0.39, 0.29) is 17.9 Å². The lowest BCUT2D eigenvalue weighted by Gasteiger charge is -2.33. The van der Waals surface area contributed by atoms with Crippen molar-refractivity contribution in [2.75, 3.05) is 19.7 Å². The summed E-state index contributed by atoms with van der Waals surface area (Å²) in [6.45, 7) is 7.35. The molecule has 2 aromatic rings. The summed E-state index contributed by atoms with van der Waals surface area (Å²) < 4.78 is 11.2. The standard InChI is InChI=1S/C18H21ClN2O3/c1-11(2)17-16(12(3)20-24-17)18(22)21-8-9-23-15(10-21)13-4-6-14(19)7-5-13/h4-7,11,15H,8-10H2,1-3H3. The Labute approximate surface area is 146 Å². The van der Waals surface area contributed by atoms with Crippen LogP contribution >= 0.6 is 11.6 Å². The monoisotopic (exact) mass is 348 g/mol. The fourth-order valence-electron chi connectivity index (χ4n) is 2.91. The number of amides is 1. The van der Waals surface area contributed by atoms with Crippen LogP contribution in [0.15, 0.2) is 28.8 Å². The summed E-state index contributed by atoms with van der Waals surface area (Å²) >= 11 is 5.94. The number of carbonyl (C=O) groups is 1. The summed E-state index contributed by atoms with van der Waals surface area (Å²) in [6.07, 6.45) is -0.150. The zero-order valence-electron chi connectivity index (χ0n) is 14.1. The molecule has 1 saturated heterocycles. The third-order valence-corrected chi connectivity index (χ3v) is 4.47. The Hall–Kier alpha value is -1.85. The number of morpholine rings is 1. The Morgan fingerprint density at radius 3 is 2.71 bits per heavy atom. The van der Waals surface area contributed by atoms with E-state index in [4.69, 9.17) is 20.9 Å². The fraction of sp³-hybridized carbons (Fsp3) is 0.444. The number of hydrogen-bond acceptors (Lipinski definition) is 4. The number of halogens is 1. The highest BCUT2D eigenvalue weighted by atomic mass is 35.5. The summed E-state index contributed by atoms with van der Waals surface area (Å²) in [5, 5.41) is 4.66. The van der Waals surface area contributed by atoms with Crippen molar-refractivity contribution in [1.29, 1.82) is 0 Å². The minimum atomic E-state index is -0.150. The second-order valence-corrected chi connectivity index (χ2v) is 6.76. The lowest BCUT2D eigenvalue weighted by molar-refractivity contribution is -0.0229. The van der Waals surface area contributed by atoms with Gasteiger partial charge < -0.3 is 14.2 Å². The average Bonchev–Trinajstić information content (AvgIpc) is 2.97. The molecule has 2 heterocycles. The van der Waals surface area contributed by atoms with Crippen LogP contribution in [0.5, 0.6) is 0 Å². The van der Waals surface area contributed by atoms with Crippen LogP contribution in [-0.4, -0.2) is 35.7 Å². The zero-order valence-corrected chi connectivity index (χ0v) is 14.8. The van der Waals surface area contributed by atoms with E-state index in [0.29, 0.717) is 41.7 Å². The van der Waals surface area contributed by atoms with Crippen LogP contribution < -0.4 is 0 Å². The van der Waals surface area contributed by atoms with Crippen LogP contribution in [0.3, 0.4) is 0 Å². The third kappa shape index (κ3) is 3.32. The van der Waals surface area contributed by atoms with Gasteiger partial charge in [-0.2, -0.15) is 0 Å². The van der Waals surface area contributed by atoms with Crippen LogP contribution in [0.4, 0.5) is 0 Å². The Kier molecular flexibility index (Phi) is 4.92. The first-order chi connectivity index (χ1) is 11.5. The predicted molar refractivity (Wildman–Crippen MR) is 91.4 cm³/mol. The molecular weight excluding hydrogens is 328 g/mol. The molecule has 0 N–H and O–H groups in total. The van der Waals surface area contributed by atoms with E-state index in [9.17, 15) is 4.79 Å². The van der Waals surface area contributed by atoms with Gasteiger partial charge in [0.25, 0.3) is 5.91 Å². The molecule has 1 aromatic carbocycles. The maximum absolute atomic E-state index is 13.0. The van der Waals surface area contributed by atoms with Crippen molar-refractivity contribution in [1.82, 2.24) is 10.1 Å². The van der Waals surface area contributed by atoms with E-state index in [1.807, 2.05) is 43.0 Å². The summed E-state index contributed by atoms with van der Waals surface area (Å²) in [6, 6.07) is 7.54. The zero-order chi connectivity index (χ0) is 17.3. The minimum Gasteiger partial charge on any atom is -0.370 e. The Morgan fingerprint density at radius 1 is 1.33 bits per heavy atom. The SMILES string of the molecule is Cc1noc(C(C)C)c1C(=O)N1CCOC(c2ccc(Cl)cc2)C1. The molecule has 1 aliphatic rings. The quantitative estimate of drug-likeness (QED) is 0.842. The van der Waals surface area contributed by atoms with Gasteiger partial charge in [0.2, 0.25) is 0 Å². The van der Waals surface area contributed by atoms with Gasteiger partial charge in [-0.05, 0) is 24.6 Å². The molecule has 0 aliphatic carbocycles. The predicted octanol–water partition coefficient (Wildman–Crippen LogP) is 3.97. The number of aryl methyl sites for hydroxylation is 1. The van der Waals surface area contributed by atoms with E-state index >= 15 is 0 Å². The van der Waals surface area contributed by atoms with Crippen molar-refractivity contribution in [3.63, 3.8) is 0 Å². The Balaban J connectivity index is 1.81. The first-order valence-electron chi connectivity index (χ1n) is 8.10. The van der Waals surface area contributed by atoms with E-state index in [1.165, 1.54) is 0 Å². The fourth-order valence-corrected chi connectivity index (χ4v) is 3.04. The van der Waals surface area contributed by atoms with Gasteiger partial charge >= 0.3 is 0 Å². The van der Waals surface area contributed by atoms with Crippen molar-refractivity contribution in [2.24, 2.45) is 0 Å². The van der Waals surface area contributed by atoms with Crippen molar-refractivity contribution < 1.29 is 14.1 Å². The maximum atomic E-state index is 13.0. The molecule has 0 spiro atoms. The van der Waals surface area contributed by atoms with Crippen molar-refractivity contribution in [3.8, 4) is 0 Å². The van der Waals surface area contributed by atoms with E-state index in [1.54, 1.807) is 6.92 Å².